The molecule has 0 spiro atoms. The fourth-order valence-corrected chi connectivity index (χ4v) is 1.32. The minimum Gasteiger partial charge on any atom is -0.376 e. The van der Waals surface area contributed by atoms with E-state index in [2.05, 4.69) is 11.9 Å². The fraction of sp³-hybridized carbons (Fsp3) is 0.800. The summed E-state index contributed by atoms with van der Waals surface area (Å²) in [5.41, 5.74) is 0.142. The Labute approximate surface area is 117 Å². The molecular weight excluding hydrogens is 242 g/mol. The van der Waals surface area contributed by atoms with Crippen LogP contribution < -0.4 is 5.32 Å². The maximum absolute atomic E-state index is 11.3. The lowest BCUT2D eigenvalue weighted by atomic mass is 10.1. The molecule has 0 rings (SSSR count). The molecule has 1 amide bonds. The molecule has 0 unspecified atom stereocenters. The van der Waals surface area contributed by atoms with E-state index in [4.69, 9.17) is 9.47 Å². The first-order chi connectivity index (χ1) is 8.53. The molecule has 1 N–H and O–H groups in total. The second kappa shape index (κ2) is 7.65. The summed E-state index contributed by atoms with van der Waals surface area (Å²) in [4.78, 5) is 11.3. The average molecular weight is 271 g/mol. The Morgan fingerprint density at radius 2 is 1.68 bits per heavy atom. The molecule has 19 heavy (non-hydrogen) atoms. The molecule has 0 saturated carbocycles. The third-order valence-corrected chi connectivity index (χ3v) is 2.51. The SMILES string of the molecule is C=C(C)C(=O)NCCOC(C)(C)CCOC(C)(C)C. The van der Waals surface area contributed by atoms with Crippen LogP contribution in [-0.2, 0) is 14.3 Å². The van der Waals surface area contributed by atoms with Crippen LogP contribution in [0.15, 0.2) is 12.2 Å². The molecule has 0 fully saturated rings. The van der Waals surface area contributed by atoms with E-state index in [1.54, 1.807) is 6.92 Å². The van der Waals surface area contributed by atoms with Crippen molar-refractivity contribution in [1.82, 2.24) is 5.32 Å². The Kier molecular flexibility index (Phi) is 7.30. The predicted molar refractivity (Wildman–Crippen MR) is 78.2 cm³/mol. The maximum Gasteiger partial charge on any atom is 0.246 e. The first-order valence-electron chi connectivity index (χ1n) is 6.75. The predicted octanol–water partition coefficient (Wildman–Crippen LogP) is 2.68. The van der Waals surface area contributed by atoms with Crippen molar-refractivity contribution in [2.75, 3.05) is 19.8 Å². The van der Waals surface area contributed by atoms with E-state index in [0.717, 1.165) is 6.42 Å². The van der Waals surface area contributed by atoms with Crippen LogP contribution in [0.3, 0.4) is 0 Å². The normalized spacial score (nSPS) is 12.3. The van der Waals surface area contributed by atoms with Crippen molar-refractivity contribution in [2.45, 2.75) is 59.2 Å². The van der Waals surface area contributed by atoms with E-state index in [0.29, 0.717) is 25.3 Å². The van der Waals surface area contributed by atoms with Gasteiger partial charge in [-0.2, -0.15) is 0 Å². The zero-order valence-electron chi connectivity index (χ0n) is 13.3. The molecule has 0 aromatic carbocycles. The van der Waals surface area contributed by atoms with Crippen LogP contribution in [0.25, 0.3) is 0 Å². The molecule has 4 heteroatoms. The minimum absolute atomic E-state index is 0.120. The van der Waals surface area contributed by atoms with Crippen molar-refractivity contribution in [3.05, 3.63) is 12.2 Å². The lowest BCUT2D eigenvalue weighted by molar-refractivity contribution is -0.118. The Morgan fingerprint density at radius 3 is 2.16 bits per heavy atom. The van der Waals surface area contributed by atoms with Crippen LogP contribution >= 0.6 is 0 Å². The zero-order valence-corrected chi connectivity index (χ0v) is 13.3. The molecule has 4 nitrogen and oxygen atoms in total. The quantitative estimate of drug-likeness (QED) is 0.545. The van der Waals surface area contributed by atoms with Gasteiger partial charge in [0.2, 0.25) is 5.91 Å². The number of hydrogen-bond acceptors (Lipinski definition) is 3. The van der Waals surface area contributed by atoms with Gasteiger partial charge in [-0.25, -0.2) is 0 Å². The summed E-state index contributed by atoms with van der Waals surface area (Å²) in [5, 5.41) is 2.74. The van der Waals surface area contributed by atoms with Gasteiger partial charge in [-0.05, 0) is 48.0 Å². The standard InChI is InChI=1S/C15H29NO3/c1-12(2)13(17)16-9-11-19-15(6,7)8-10-18-14(3,4)5/h1,8-11H2,2-7H3,(H,16,17). The number of hydrogen-bond donors (Lipinski definition) is 1. The van der Waals surface area contributed by atoms with E-state index in [1.165, 1.54) is 0 Å². The van der Waals surface area contributed by atoms with Crippen molar-refractivity contribution < 1.29 is 14.3 Å². The molecule has 0 radical (unpaired) electrons. The number of nitrogens with one attached hydrogen (secondary N) is 1. The molecule has 112 valence electrons. The first-order valence-corrected chi connectivity index (χ1v) is 6.75. The van der Waals surface area contributed by atoms with E-state index in [9.17, 15) is 4.79 Å². The summed E-state index contributed by atoms with van der Waals surface area (Å²) >= 11 is 0. The van der Waals surface area contributed by atoms with Crippen LogP contribution in [0.5, 0.6) is 0 Å². The summed E-state index contributed by atoms with van der Waals surface area (Å²) < 4.78 is 11.4. The smallest absolute Gasteiger partial charge is 0.246 e. The van der Waals surface area contributed by atoms with Gasteiger partial charge in [-0.15, -0.1) is 0 Å². The largest absolute Gasteiger partial charge is 0.376 e. The van der Waals surface area contributed by atoms with Crippen LogP contribution in [0.4, 0.5) is 0 Å². The summed E-state index contributed by atoms with van der Waals surface area (Å²) in [5.74, 6) is -0.127. The Morgan fingerprint density at radius 1 is 1.11 bits per heavy atom. The summed E-state index contributed by atoms with van der Waals surface area (Å²) in [7, 11) is 0. The van der Waals surface area contributed by atoms with Gasteiger partial charge >= 0.3 is 0 Å². The lowest BCUT2D eigenvalue weighted by Crippen LogP contribution is -2.33. The van der Waals surface area contributed by atoms with Crippen LogP contribution in [-0.4, -0.2) is 36.9 Å². The monoisotopic (exact) mass is 271 g/mol. The van der Waals surface area contributed by atoms with Gasteiger partial charge in [0, 0.05) is 18.7 Å². The molecule has 0 saturated heterocycles. The molecule has 0 aliphatic heterocycles. The summed E-state index contributed by atoms with van der Waals surface area (Å²) in [6.45, 7) is 17.1. The molecule has 0 atom stereocenters. The number of carbonyl (C=O) groups is 1. The average Bonchev–Trinajstić information content (AvgIpc) is 2.21. The van der Waals surface area contributed by atoms with Gasteiger partial charge in [-0.3, -0.25) is 4.79 Å². The maximum atomic E-state index is 11.3. The third-order valence-electron chi connectivity index (χ3n) is 2.51. The number of ether oxygens (including phenoxy) is 2. The van der Waals surface area contributed by atoms with Gasteiger partial charge in [0.05, 0.1) is 17.8 Å². The molecule has 0 heterocycles. The highest BCUT2D eigenvalue weighted by Gasteiger charge is 2.20. The third kappa shape index (κ3) is 10.7. The second-order valence-corrected chi connectivity index (χ2v) is 6.36. The highest BCUT2D eigenvalue weighted by atomic mass is 16.5. The Hall–Kier alpha value is -0.870. The van der Waals surface area contributed by atoms with E-state index < -0.39 is 0 Å². The number of rotatable bonds is 8. The van der Waals surface area contributed by atoms with Gasteiger partial charge in [-0.1, -0.05) is 6.58 Å². The molecular formula is C15H29NO3. The zero-order chi connectivity index (χ0) is 15.1. The number of amides is 1. The lowest BCUT2D eigenvalue weighted by Gasteiger charge is -2.28. The van der Waals surface area contributed by atoms with E-state index in [-0.39, 0.29) is 17.1 Å². The van der Waals surface area contributed by atoms with Crippen molar-refractivity contribution in [2.24, 2.45) is 0 Å². The Bertz CT molecular complexity index is 303. The van der Waals surface area contributed by atoms with Gasteiger partial charge in [0.25, 0.3) is 0 Å². The van der Waals surface area contributed by atoms with Gasteiger partial charge in [0.1, 0.15) is 0 Å². The fourth-order valence-electron chi connectivity index (χ4n) is 1.32. The second-order valence-electron chi connectivity index (χ2n) is 6.36. The molecule has 0 bridgehead atoms. The topological polar surface area (TPSA) is 47.6 Å². The van der Waals surface area contributed by atoms with Crippen molar-refractivity contribution >= 4 is 5.91 Å². The van der Waals surface area contributed by atoms with E-state index in [1.807, 2.05) is 34.6 Å². The summed E-state index contributed by atoms with van der Waals surface area (Å²) in [6, 6.07) is 0. The highest BCUT2D eigenvalue weighted by molar-refractivity contribution is 5.91. The van der Waals surface area contributed by atoms with Gasteiger partial charge < -0.3 is 14.8 Å². The van der Waals surface area contributed by atoms with Crippen LogP contribution in [0, 0.1) is 0 Å². The van der Waals surface area contributed by atoms with Crippen molar-refractivity contribution in [1.29, 1.82) is 0 Å². The molecule has 0 aromatic heterocycles. The molecule has 0 aromatic rings. The van der Waals surface area contributed by atoms with Crippen molar-refractivity contribution in [3.8, 4) is 0 Å². The molecule has 0 aliphatic rings. The van der Waals surface area contributed by atoms with E-state index >= 15 is 0 Å². The van der Waals surface area contributed by atoms with Gasteiger partial charge in [0.15, 0.2) is 0 Å². The van der Waals surface area contributed by atoms with Crippen LogP contribution in [0.2, 0.25) is 0 Å². The first kappa shape index (κ1) is 18.1. The Balaban J connectivity index is 3.79. The molecule has 0 aliphatic carbocycles. The van der Waals surface area contributed by atoms with Crippen LogP contribution in [0.1, 0.15) is 48.0 Å². The minimum atomic E-state index is -0.251. The summed E-state index contributed by atoms with van der Waals surface area (Å²) in [6.07, 6.45) is 0.818. The highest BCUT2D eigenvalue weighted by Crippen LogP contribution is 2.16. The number of carbonyl (C=O) groups excluding carboxylic acids is 1. The van der Waals surface area contributed by atoms with Crippen molar-refractivity contribution in [3.63, 3.8) is 0 Å².